The van der Waals surface area contributed by atoms with Crippen molar-refractivity contribution in [2.45, 2.75) is 146 Å². The summed E-state index contributed by atoms with van der Waals surface area (Å²) in [6.07, 6.45) is 18.1. The van der Waals surface area contributed by atoms with Crippen LogP contribution in [0.4, 0.5) is 0 Å². The van der Waals surface area contributed by atoms with Gasteiger partial charge in [0.2, 0.25) is 0 Å². The molecule has 9 fully saturated rings. The maximum atomic E-state index is 7.00. The minimum Gasteiger partial charge on any atom is -0.490 e. The van der Waals surface area contributed by atoms with E-state index in [2.05, 4.69) is 47.6 Å². The lowest BCUT2D eigenvalue weighted by molar-refractivity contribution is -0.0182. The predicted molar refractivity (Wildman–Crippen MR) is 159 cm³/mol. The summed E-state index contributed by atoms with van der Waals surface area (Å²) in [5.74, 6) is 7.04. The van der Waals surface area contributed by atoms with Crippen LogP contribution in [-0.4, -0.2) is 19.3 Å². The molecule has 1 saturated heterocycles. The minimum atomic E-state index is 0.0523. The molecule has 2 nitrogen and oxygen atoms in total. The molecule has 9 aliphatic rings. The lowest BCUT2D eigenvalue weighted by Crippen LogP contribution is -2.53. The molecule has 10 rings (SSSR count). The first-order valence-corrected chi connectivity index (χ1v) is 16.9. The quantitative estimate of drug-likeness (QED) is 0.354. The summed E-state index contributed by atoms with van der Waals surface area (Å²) < 4.78 is 12.7. The van der Waals surface area contributed by atoms with Crippen LogP contribution in [0, 0.1) is 35.5 Å². The van der Waals surface area contributed by atoms with E-state index in [-0.39, 0.29) is 16.9 Å². The second kappa shape index (κ2) is 8.29. The summed E-state index contributed by atoms with van der Waals surface area (Å²) in [4.78, 5) is 0. The average Bonchev–Trinajstić information content (AvgIpc) is 3.63. The number of hydrogen-bond donors (Lipinski definition) is 0. The smallest absolute Gasteiger partial charge is 0.127 e. The van der Waals surface area contributed by atoms with Crippen LogP contribution in [-0.2, 0) is 26.4 Å². The molecule has 0 aromatic heterocycles. The molecule has 1 atom stereocenters. The van der Waals surface area contributed by atoms with Crippen LogP contribution in [0.15, 0.2) is 6.07 Å². The van der Waals surface area contributed by atoms with Crippen LogP contribution in [0.1, 0.15) is 141 Å². The van der Waals surface area contributed by atoms with Gasteiger partial charge in [0.1, 0.15) is 18.5 Å². The Kier molecular flexibility index (Phi) is 5.46. The fourth-order valence-electron chi connectivity index (χ4n) is 12.3. The van der Waals surface area contributed by atoms with Crippen LogP contribution in [0.5, 0.6) is 5.75 Å². The Labute approximate surface area is 238 Å². The van der Waals surface area contributed by atoms with Crippen LogP contribution >= 0.6 is 0 Å². The zero-order valence-corrected chi connectivity index (χ0v) is 25.8. The molecule has 8 saturated carbocycles. The fourth-order valence-corrected chi connectivity index (χ4v) is 12.3. The van der Waals surface area contributed by atoms with Gasteiger partial charge < -0.3 is 9.47 Å². The summed E-state index contributed by atoms with van der Waals surface area (Å²) in [5.41, 5.74) is 7.67. The average molecular weight is 531 g/mol. The number of benzene rings is 1. The van der Waals surface area contributed by atoms with E-state index in [0.717, 1.165) is 42.1 Å². The van der Waals surface area contributed by atoms with Crippen molar-refractivity contribution in [3.05, 3.63) is 28.3 Å². The number of rotatable bonds is 5. The van der Waals surface area contributed by atoms with E-state index in [0.29, 0.717) is 17.4 Å². The highest BCUT2D eigenvalue weighted by molar-refractivity contribution is 5.61. The van der Waals surface area contributed by atoms with Gasteiger partial charge >= 0.3 is 0 Å². The summed E-state index contributed by atoms with van der Waals surface area (Å²) in [6.45, 7) is 16.4. The van der Waals surface area contributed by atoms with Gasteiger partial charge in [0, 0.05) is 11.1 Å². The van der Waals surface area contributed by atoms with Crippen molar-refractivity contribution in [1.82, 2.24) is 0 Å². The molecule has 0 spiro atoms. The first-order valence-electron chi connectivity index (χ1n) is 16.9. The maximum Gasteiger partial charge on any atom is 0.127 e. The largest absolute Gasteiger partial charge is 0.490 e. The molecule has 39 heavy (non-hydrogen) atoms. The monoisotopic (exact) mass is 530 g/mol. The Hall–Kier alpha value is -1.02. The van der Waals surface area contributed by atoms with Crippen LogP contribution in [0.2, 0.25) is 0 Å². The Morgan fingerprint density at radius 3 is 1.51 bits per heavy atom. The predicted octanol–water partition coefficient (Wildman–Crippen LogP) is 8.99. The van der Waals surface area contributed by atoms with E-state index in [4.69, 9.17) is 9.47 Å². The first-order chi connectivity index (χ1) is 18.4. The molecule has 1 unspecified atom stereocenters. The van der Waals surface area contributed by atoms with Gasteiger partial charge in [-0.05, 0) is 145 Å². The van der Waals surface area contributed by atoms with E-state index in [1.54, 1.807) is 5.56 Å². The van der Waals surface area contributed by atoms with Crippen molar-refractivity contribution < 1.29 is 9.47 Å². The second-order valence-corrected chi connectivity index (χ2v) is 18.2. The highest BCUT2D eigenvalue weighted by Gasteiger charge is 2.58. The lowest BCUT2D eigenvalue weighted by atomic mass is 9.43. The summed E-state index contributed by atoms with van der Waals surface area (Å²) in [6, 6.07) is 2.79. The molecule has 214 valence electrons. The van der Waals surface area contributed by atoms with Gasteiger partial charge in [0.15, 0.2) is 0 Å². The number of epoxide rings is 1. The third-order valence-corrected chi connectivity index (χ3v) is 12.8. The topological polar surface area (TPSA) is 21.8 Å². The van der Waals surface area contributed by atoms with Gasteiger partial charge in [-0.2, -0.15) is 0 Å². The Morgan fingerprint density at radius 2 is 1.13 bits per heavy atom. The second-order valence-electron chi connectivity index (χ2n) is 18.2. The van der Waals surface area contributed by atoms with Gasteiger partial charge in [-0.15, -0.1) is 0 Å². The van der Waals surface area contributed by atoms with Gasteiger partial charge in [-0.25, -0.2) is 0 Å². The highest BCUT2D eigenvalue weighted by Crippen LogP contribution is 2.67. The van der Waals surface area contributed by atoms with Crippen LogP contribution < -0.4 is 4.74 Å². The zero-order valence-electron chi connectivity index (χ0n) is 25.8. The van der Waals surface area contributed by atoms with Gasteiger partial charge in [0.05, 0.1) is 6.61 Å². The molecule has 0 radical (unpaired) electrons. The molecule has 1 heterocycles. The molecule has 1 aliphatic heterocycles. The molecular formula is C37H54O2. The van der Waals surface area contributed by atoms with Crippen molar-refractivity contribution in [2.75, 3.05) is 13.2 Å². The zero-order chi connectivity index (χ0) is 26.9. The Morgan fingerprint density at radius 1 is 0.692 bits per heavy atom. The van der Waals surface area contributed by atoms with E-state index < -0.39 is 0 Å². The Bertz CT molecular complexity index is 1080. The third-order valence-electron chi connectivity index (χ3n) is 12.8. The first kappa shape index (κ1) is 25.7. The summed E-state index contributed by atoms with van der Waals surface area (Å²) in [7, 11) is 0. The normalized spacial score (nSPS) is 43.8. The van der Waals surface area contributed by atoms with Gasteiger partial charge in [-0.1, -0.05) is 47.6 Å². The van der Waals surface area contributed by atoms with Crippen molar-refractivity contribution in [2.24, 2.45) is 35.5 Å². The van der Waals surface area contributed by atoms with E-state index in [1.165, 1.54) is 88.4 Å². The van der Waals surface area contributed by atoms with E-state index in [1.807, 2.05) is 11.1 Å². The van der Waals surface area contributed by atoms with Crippen molar-refractivity contribution >= 4 is 0 Å². The molecule has 1 aromatic rings. The van der Waals surface area contributed by atoms with Gasteiger partial charge in [0.25, 0.3) is 0 Å². The number of hydrogen-bond acceptors (Lipinski definition) is 2. The van der Waals surface area contributed by atoms with E-state index in [9.17, 15) is 0 Å². The molecular weight excluding hydrogens is 476 g/mol. The molecule has 0 amide bonds. The molecule has 1 aromatic carbocycles. The van der Waals surface area contributed by atoms with Gasteiger partial charge in [-0.3, -0.25) is 0 Å². The third kappa shape index (κ3) is 4.11. The van der Waals surface area contributed by atoms with E-state index >= 15 is 0 Å². The van der Waals surface area contributed by atoms with Crippen molar-refractivity contribution in [3.8, 4) is 5.75 Å². The molecule has 8 bridgehead atoms. The Balaban J connectivity index is 1.41. The fraction of sp³-hybridized carbons (Fsp3) is 0.838. The lowest BCUT2D eigenvalue weighted by Gasteiger charge is -2.62. The highest BCUT2D eigenvalue weighted by atomic mass is 16.6. The maximum absolute atomic E-state index is 7.00. The molecule has 8 aliphatic carbocycles. The van der Waals surface area contributed by atoms with Crippen LogP contribution in [0.25, 0.3) is 0 Å². The molecule has 0 N–H and O–H groups in total. The molecule has 2 heteroatoms. The SMILES string of the molecule is CC(C)(C)c1cc(C23CC4CC(CC(C4)C2)C3)c(C23CC4CC(CC(C4)C2)C3)c(C(C)(C)C)c1OCC1CO1. The van der Waals surface area contributed by atoms with Crippen molar-refractivity contribution in [1.29, 1.82) is 0 Å². The summed E-state index contributed by atoms with van der Waals surface area (Å²) >= 11 is 0. The standard InChI is InChI=1S/C37H54O2/c1-34(2,3)30-13-29(36-14-22-7-23(15-36)9-24(8-22)16-36)31(32(35(4,5)6)33(30)39-21-28-20-38-28)37-17-25-10-26(18-37)12-27(11-25)19-37/h13,22-28H,7-12,14-21H2,1-6H3. The number of ether oxygens (including phenoxy) is 2. The summed E-state index contributed by atoms with van der Waals surface area (Å²) in [5, 5.41) is 0. The minimum absolute atomic E-state index is 0.0523. The van der Waals surface area contributed by atoms with Crippen LogP contribution in [0.3, 0.4) is 0 Å². The van der Waals surface area contributed by atoms with Crippen molar-refractivity contribution in [3.63, 3.8) is 0 Å².